The molecule has 154 valence electrons. The minimum atomic E-state index is 0. The zero-order chi connectivity index (χ0) is 19.2. The normalized spacial score (nSPS) is 17.1. The topological polar surface area (TPSA) is 79.6 Å². The van der Waals surface area contributed by atoms with Gasteiger partial charge in [-0.15, -0.1) is 34.2 Å². The van der Waals surface area contributed by atoms with Crippen LogP contribution in [0, 0.1) is 6.92 Å². The zero-order valence-corrected chi connectivity index (χ0v) is 19.3. The highest BCUT2D eigenvalue weighted by Gasteiger charge is 2.23. The number of aliphatic imine (C=N–C) groups is 1. The van der Waals surface area contributed by atoms with Crippen molar-refractivity contribution in [3.63, 3.8) is 0 Å². The lowest BCUT2D eigenvalue weighted by Gasteiger charge is -2.36. The number of hydrogen-bond donors (Lipinski definition) is 2. The Morgan fingerprint density at radius 3 is 2.79 bits per heavy atom. The summed E-state index contributed by atoms with van der Waals surface area (Å²) in [7, 11) is 5.48. The number of piperidine rings is 1. The fourth-order valence-electron chi connectivity index (χ4n) is 3.36. The van der Waals surface area contributed by atoms with E-state index < -0.39 is 0 Å². The van der Waals surface area contributed by atoms with Gasteiger partial charge in [0.15, 0.2) is 11.8 Å². The average Bonchev–Trinajstić information content (AvgIpc) is 3.03. The van der Waals surface area contributed by atoms with Crippen molar-refractivity contribution in [1.29, 1.82) is 0 Å². The number of benzene rings is 1. The first kappa shape index (κ1) is 22.3. The fraction of sp³-hybridized carbons (Fsp3) is 0.526. The number of methoxy groups -OCH3 is 1. The van der Waals surface area contributed by atoms with Gasteiger partial charge < -0.3 is 24.8 Å². The summed E-state index contributed by atoms with van der Waals surface area (Å²) in [5.74, 6) is 3.48. The monoisotopic (exact) mass is 499 g/mol. The molecule has 0 amide bonds. The highest BCUT2D eigenvalue weighted by atomic mass is 127. The van der Waals surface area contributed by atoms with Crippen molar-refractivity contribution in [2.24, 2.45) is 12.0 Å². The van der Waals surface area contributed by atoms with Gasteiger partial charge in [0.05, 0.1) is 19.3 Å². The molecule has 9 heteroatoms. The van der Waals surface area contributed by atoms with E-state index in [9.17, 15) is 0 Å². The lowest BCUT2D eigenvalue weighted by Crippen LogP contribution is -2.51. The van der Waals surface area contributed by atoms with Crippen LogP contribution >= 0.6 is 24.0 Å². The zero-order valence-electron chi connectivity index (χ0n) is 17.0. The van der Waals surface area contributed by atoms with E-state index >= 15 is 0 Å². The Labute approximate surface area is 183 Å². The number of aromatic nitrogens is 3. The van der Waals surface area contributed by atoms with E-state index in [-0.39, 0.29) is 24.0 Å². The molecule has 0 saturated carbocycles. The SMILES string of the molecule is CN=C(NCc1nnc(C)n1C)NC1CCCN(c2ccccc2OC)C1.I. The highest BCUT2D eigenvalue weighted by molar-refractivity contribution is 14.0. The molecule has 0 aliphatic carbocycles. The highest BCUT2D eigenvalue weighted by Crippen LogP contribution is 2.29. The van der Waals surface area contributed by atoms with Gasteiger partial charge in [-0.2, -0.15) is 0 Å². The molecule has 0 spiro atoms. The molecule has 28 heavy (non-hydrogen) atoms. The summed E-state index contributed by atoms with van der Waals surface area (Å²) >= 11 is 0. The molecule has 1 unspecified atom stereocenters. The average molecular weight is 499 g/mol. The number of guanidine groups is 1. The summed E-state index contributed by atoms with van der Waals surface area (Å²) in [6, 6.07) is 8.50. The number of aryl methyl sites for hydroxylation is 1. The van der Waals surface area contributed by atoms with Gasteiger partial charge in [0.1, 0.15) is 11.6 Å². The molecule has 1 aliphatic rings. The van der Waals surface area contributed by atoms with E-state index in [2.05, 4.69) is 42.9 Å². The second-order valence-electron chi connectivity index (χ2n) is 6.75. The third-order valence-electron chi connectivity index (χ3n) is 5.01. The summed E-state index contributed by atoms with van der Waals surface area (Å²) in [4.78, 5) is 6.73. The first-order valence-corrected chi connectivity index (χ1v) is 9.32. The number of para-hydroxylation sites is 2. The maximum absolute atomic E-state index is 5.52. The number of anilines is 1. The summed E-state index contributed by atoms with van der Waals surface area (Å²) in [5, 5.41) is 15.1. The van der Waals surface area contributed by atoms with Crippen LogP contribution in [0.15, 0.2) is 29.3 Å². The van der Waals surface area contributed by atoms with Crippen LogP contribution in [0.3, 0.4) is 0 Å². The lowest BCUT2D eigenvalue weighted by molar-refractivity contribution is 0.408. The maximum atomic E-state index is 5.52. The quantitative estimate of drug-likeness (QED) is 0.373. The molecule has 1 aliphatic heterocycles. The van der Waals surface area contributed by atoms with E-state index in [0.717, 1.165) is 55.0 Å². The molecule has 0 radical (unpaired) electrons. The molecule has 2 N–H and O–H groups in total. The van der Waals surface area contributed by atoms with E-state index in [4.69, 9.17) is 4.74 Å². The van der Waals surface area contributed by atoms with Crippen molar-refractivity contribution in [3.8, 4) is 5.75 Å². The van der Waals surface area contributed by atoms with E-state index in [1.807, 2.05) is 30.7 Å². The summed E-state index contributed by atoms with van der Waals surface area (Å²) in [6.07, 6.45) is 2.23. The predicted molar refractivity (Wildman–Crippen MR) is 123 cm³/mol. The van der Waals surface area contributed by atoms with Gasteiger partial charge in [-0.25, -0.2) is 0 Å². The van der Waals surface area contributed by atoms with E-state index in [0.29, 0.717) is 12.6 Å². The third-order valence-corrected chi connectivity index (χ3v) is 5.01. The lowest BCUT2D eigenvalue weighted by atomic mass is 10.0. The second kappa shape index (κ2) is 10.5. The number of hydrogen-bond acceptors (Lipinski definition) is 5. The van der Waals surface area contributed by atoms with E-state index in [1.165, 1.54) is 0 Å². The minimum absolute atomic E-state index is 0. The predicted octanol–water partition coefficient (Wildman–Crippen LogP) is 2.08. The van der Waals surface area contributed by atoms with Crippen molar-refractivity contribution < 1.29 is 4.74 Å². The molecule has 1 fully saturated rings. The van der Waals surface area contributed by atoms with Crippen molar-refractivity contribution in [3.05, 3.63) is 35.9 Å². The first-order valence-electron chi connectivity index (χ1n) is 9.32. The van der Waals surface area contributed by atoms with E-state index in [1.54, 1.807) is 14.2 Å². The molecule has 0 bridgehead atoms. The molecule has 1 saturated heterocycles. The van der Waals surface area contributed by atoms with Crippen molar-refractivity contribution in [2.75, 3.05) is 32.1 Å². The Bertz CT molecular complexity index is 792. The first-order chi connectivity index (χ1) is 13.1. The summed E-state index contributed by atoms with van der Waals surface area (Å²) in [6.45, 7) is 4.46. The number of nitrogens with zero attached hydrogens (tertiary/aromatic N) is 5. The molecule has 1 aromatic heterocycles. The van der Waals surface area contributed by atoms with Crippen LogP contribution < -0.4 is 20.3 Å². The van der Waals surface area contributed by atoms with Crippen LogP contribution in [0.2, 0.25) is 0 Å². The van der Waals surface area contributed by atoms with Crippen molar-refractivity contribution in [2.45, 2.75) is 32.4 Å². The van der Waals surface area contributed by atoms with Crippen LogP contribution in [-0.4, -0.2) is 54.0 Å². The minimum Gasteiger partial charge on any atom is -0.495 e. The molecule has 2 heterocycles. The number of rotatable bonds is 5. The van der Waals surface area contributed by atoms with Crippen molar-refractivity contribution >= 4 is 35.6 Å². The smallest absolute Gasteiger partial charge is 0.191 e. The summed E-state index contributed by atoms with van der Waals surface area (Å²) < 4.78 is 7.50. The Morgan fingerprint density at radius 2 is 2.11 bits per heavy atom. The molecular formula is C19H30IN7O. The Balaban J connectivity index is 0.00000280. The van der Waals surface area contributed by atoms with Crippen LogP contribution in [0.4, 0.5) is 5.69 Å². The third kappa shape index (κ3) is 5.27. The molecular weight excluding hydrogens is 469 g/mol. The second-order valence-corrected chi connectivity index (χ2v) is 6.75. The number of nitrogens with one attached hydrogen (secondary N) is 2. The van der Waals surface area contributed by atoms with Gasteiger partial charge in [0, 0.05) is 33.2 Å². The maximum Gasteiger partial charge on any atom is 0.191 e. The van der Waals surface area contributed by atoms with Crippen LogP contribution in [0.1, 0.15) is 24.5 Å². The Morgan fingerprint density at radius 1 is 1.32 bits per heavy atom. The van der Waals surface area contributed by atoms with Crippen LogP contribution in [0.25, 0.3) is 0 Å². The van der Waals surface area contributed by atoms with Crippen LogP contribution in [-0.2, 0) is 13.6 Å². The molecule has 1 aromatic carbocycles. The number of ether oxygens (including phenoxy) is 1. The largest absolute Gasteiger partial charge is 0.495 e. The van der Waals surface area contributed by atoms with Gasteiger partial charge in [-0.05, 0) is 31.9 Å². The molecule has 1 atom stereocenters. The molecule has 3 rings (SSSR count). The van der Waals surface area contributed by atoms with Gasteiger partial charge in [0.2, 0.25) is 0 Å². The standard InChI is InChI=1S/C19H29N7O.HI/c1-14-23-24-18(25(14)3)12-21-19(20-2)22-15-8-7-11-26(13-15)16-9-5-6-10-17(16)27-4;/h5-6,9-10,15H,7-8,11-13H2,1-4H3,(H2,20,21,22);1H. The summed E-state index contributed by atoms with van der Waals surface area (Å²) in [5.41, 5.74) is 1.14. The van der Waals surface area contributed by atoms with Gasteiger partial charge in [-0.1, -0.05) is 12.1 Å². The van der Waals surface area contributed by atoms with Gasteiger partial charge in [0.25, 0.3) is 0 Å². The molecule has 2 aromatic rings. The number of halogens is 1. The van der Waals surface area contributed by atoms with Crippen molar-refractivity contribution in [1.82, 2.24) is 25.4 Å². The van der Waals surface area contributed by atoms with Gasteiger partial charge >= 0.3 is 0 Å². The van der Waals surface area contributed by atoms with Crippen LogP contribution in [0.5, 0.6) is 5.75 Å². The van der Waals surface area contributed by atoms with Gasteiger partial charge in [-0.3, -0.25) is 4.99 Å². The molecule has 8 nitrogen and oxygen atoms in total. The Hall–Kier alpha value is -2.04. The fourth-order valence-corrected chi connectivity index (χ4v) is 3.36. The Kier molecular flexibility index (Phi) is 8.34.